The van der Waals surface area contributed by atoms with Gasteiger partial charge in [0.2, 0.25) is 0 Å². The maximum Gasteiger partial charge on any atom is 0.115 e. The first kappa shape index (κ1) is 13.3. The molecule has 4 nitrogen and oxygen atoms in total. The van der Waals surface area contributed by atoms with E-state index in [-0.39, 0.29) is 17.9 Å². The molecule has 5 heteroatoms. The molecule has 0 amide bonds. The fourth-order valence-electron chi connectivity index (χ4n) is 2.36. The van der Waals surface area contributed by atoms with Crippen molar-refractivity contribution in [2.45, 2.75) is 25.0 Å². The van der Waals surface area contributed by atoms with Crippen molar-refractivity contribution in [3.8, 4) is 5.75 Å². The summed E-state index contributed by atoms with van der Waals surface area (Å²) in [5.41, 5.74) is 6.82. The monoisotopic (exact) mass is 266 g/mol. The number of phenolic OH excluding ortho intramolecular Hbond substituents is 1. The van der Waals surface area contributed by atoms with E-state index in [1.54, 1.807) is 12.1 Å². The first-order valence-electron chi connectivity index (χ1n) is 6.08. The molecule has 2 rings (SSSR count). The Morgan fingerprint density at radius 3 is 2.33 bits per heavy atom. The second-order valence-electron chi connectivity index (χ2n) is 4.66. The number of thiocarbonyl (C=S) groups is 1. The number of hydrogen-bond donors (Lipinski definition) is 3. The Morgan fingerprint density at radius 2 is 1.83 bits per heavy atom. The van der Waals surface area contributed by atoms with Crippen LogP contribution in [0.1, 0.15) is 24.4 Å². The lowest BCUT2D eigenvalue weighted by atomic mass is 10.0. The SMILES string of the molecule is NC(=S)C(c1ccc(O)cc1)N1CCC(O)CC1. The predicted molar refractivity (Wildman–Crippen MR) is 74.4 cm³/mol. The highest BCUT2D eigenvalue weighted by atomic mass is 32.1. The van der Waals surface area contributed by atoms with E-state index in [1.807, 2.05) is 12.1 Å². The van der Waals surface area contributed by atoms with Crippen LogP contribution in [-0.4, -0.2) is 39.3 Å². The largest absolute Gasteiger partial charge is 0.508 e. The highest BCUT2D eigenvalue weighted by Gasteiger charge is 2.27. The molecule has 0 spiro atoms. The number of nitrogens with zero attached hydrogens (tertiary/aromatic N) is 1. The minimum absolute atomic E-state index is 0.118. The van der Waals surface area contributed by atoms with E-state index in [0.717, 1.165) is 31.5 Å². The van der Waals surface area contributed by atoms with Gasteiger partial charge in [0.25, 0.3) is 0 Å². The van der Waals surface area contributed by atoms with Crippen LogP contribution in [0.15, 0.2) is 24.3 Å². The van der Waals surface area contributed by atoms with Gasteiger partial charge in [0.1, 0.15) is 5.75 Å². The third kappa shape index (κ3) is 2.98. The fraction of sp³-hybridized carbons (Fsp3) is 0.462. The first-order chi connectivity index (χ1) is 8.58. The topological polar surface area (TPSA) is 69.7 Å². The molecule has 0 aromatic heterocycles. The molecule has 1 atom stereocenters. The normalized spacial score (nSPS) is 19.6. The molecule has 0 aliphatic carbocycles. The second-order valence-corrected chi connectivity index (χ2v) is 5.13. The molecule has 1 heterocycles. The Labute approximate surface area is 112 Å². The van der Waals surface area contributed by atoms with Gasteiger partial charge in [-0.25, -0.2) is 0 Å². The molecule has 98 valence electrons. The van der Waals surface area contributed by atoms with Crippen molar-refractivity contribution in [3.63, 3.8) is 0 Å². The van der Waals surface area contributed by atoms with Crippen LogP contribution in [0, 0.1) is 0 Å². The van der Waals surface area contributed by atoms with Crippen molar-refractivity contribution >= 4 is 17.2 Å². The quantitative estimate of drug-likeness (QED) is 0.717. The Bertz CT molecular complexity index is 414. The number of aliphatic hydroxyl groups excluding tert-OH is 1. The third-order valence-electron chi connectivity index (χ3n) is 3.34. The van der Waals surface area contributed by atoms with E-state index in [4.69, 9.17) is 18.0 Å². The van der Waals surface area contributed by atoms with Crippen LogP contribution in [0.25, 0.3) is 0 Å². The number of aromatic hydroxyl groups is 1. The fourth-order valence-corrected chi connectivity index (χ4v) is 2.64. The zero-order valence-electron chi connectivity index (χ0n) is 10.1. The molecule has 18 heavy (non-hydrogen) atoms. The molecule has 0 radical (unpaired) electrons. The summed E-state index contributed by atoms with van der Waals surface area (Å²) in [6, 6.07) is 6.83. The summed E-state index contributed by atoms with van der Waals surface area (Å²) in [6.45, 7) is 1.56. The molecule has 4 N–H and O–H groups in total. The summed E-state index contributed by atoms with van der Waals surface area (Å²) >= 11 is 5.15. The Kier molecular flexibility index (Phi) is 4.16. The van der Waals surface area contributed by atoms with Crippen LogP contribution in [-0.2, 0) is 0 Å². The van der Waals surface area contributed by atoms with E-state index in [0.29, 0.717) is 4.99 Å². The number of nitrogens with two attached hydrogens (primary N) is 1. The number of rotatable bonds is 3. The smallest absolute Gasteiger partial charge is 0.115 e. The van der Waals surface area contributed by atoms with Crippen molar-refractivity contribution in [2.75, 3.05) is 13.1 Å². The van der Waals surface area contributed by atoms with E-state index >= 15 is 0 Å². The number of aliphatic hydroxyl groups is 1. The molecule has 0 bridgehead atoms. The molecule has 1 saturated heterocycles. The lowest BCUT2D eigenvalue weighted by molar-refractivity contribution is 0.0739. The Balaban J connectivity index is 2.18. The summed E-state index contributed by atoms with van der Waals surface area (Å²) in [6.07, 6.45) is 1.28. The summed E-state index contributed by atoms with van der Waals surface area (Å²) in [4.78, 5) is 2.61. The zero-order chi connectivity index (χ0) is 13.1. The summed E-state index contributed by atoms with van der Waals surface area (Å²) in [5.74, 6) is 0.231. The average Bonchev–Trinajstić information content (AvgIpc) is 2.34. The standard InChI is InChI=1S/C13H18N2O2S/c14-13(18)12(9-1-3-10(16)4-2-9)15-7-5-11(17)6-8-15/h1-4,11-12,16-17H,5-8H2,(H2,14,18). The first-order valence-corrected chi connectivity index (χ1v) is 6.49. The number of likely N-dealkylation sites (tertiary alicyclic amines) is 1. The maximum absolute atomic E-state index is 9.53. The third-order valence-corrected chi connectivity index (χ3v) is 3.57. The van der Waals surface area contributed by atoms with Gasteiger partial charge in [-0.05, 0) is 30.5 Å². The minimum atomic E-state index is -0.215. The molecule has 1 unspecified atom stereocenters. The van der Waals surface area contributed by atoms with Crippen molar-refractivity contribution in [3.05, 3.63) is 29.8 Å². The van der Waals surface area contributed by atoms with Gasteiger partial charge in [-0.15, -0.1) is 0 Å². The van der Waals surface area contributed by atoms with E-state index in [9.17, 15) is 10.2 Å². The Hall–Kier alpha value is -1.17. The molecular formula is C13H18N2O2S. The van der Waals surface area contributed by atoms with Crippen LogP contribution in [0.4, 0.5) is 0 Å². The van der Waals surface area contributed by atoms with Crippen LogP contribution < -0.4 is 5.73 Å². The Morgan fingerprint density at radius 1 is 1.28 bits per heavy atom. The van der Waals surface area contributed by atoms with Crippen molar-refractivity contribution in [1.29, 1.82) is 0 Å². The number of piperidine rings is 1. The van der Waals surface area contributed by atoms with E-state index < -0.39 is 0 Å². The number of hydrogen-bond acceptors (Lipinski definition) is 4. The number of phenols is 1. The molecule has 0 saturated carbocycles. The van der Waals surface area contributed by atoms with Crippen molar-refractivity contribution < 1.29 is 10.2 Å². The molecular weight excluding hydrogens is 248 g/mol. The van der Waals surface area contributed by atoms with Gasteiger partial charge >= 0.3 is 0 Å². The number of benzene rings is 1. The van der Waals surface area contributed by atoms with Gasteiger partial charge in [0.05, 0.1) is 17.1 Å². The van der Waals surface area contributed by atoms with Gasteiger partial charge in [0.15, 0.2) is 0 Å². The lowest BCUT2D eigenvalue weighted by Crippen LogP contribution is -2.43. The minimum Gasteiger partial charge on any atom is -0.508 e. The van der Waals surface area contributed by atoms with Crippen LogP contribution >= 0.6 is 12.2 Å². The van der Waals surface area contributed by atoms with Crippen LogP contribution in [0.3, 0.4) is 0 Å². The van der Waals surface area contributed by atoms with E-state index in [1.165, 1.54) is 0 Å². The van der Waals surface area contributed by atoms with Gasteiger partial charge in [-0.2, -0.15) is 0 Å². The zero-order valence-corrected chi connectivity index (χ0v) is 10.9. The van der Waals surface area contributed by atoms with Crippen molar-refractivity contribution in [1.82, 2.24) is 4.90 Å². The van der Waals surface area contributed by atoms with E-state index in [2.05, 4.69) is 4.90 Å². The molecule has 1 aromatic rings. The van der Waals surface area contributed by atoms with Crippen molar-refractivity contribution in [2.24, 2.45) is 5.73 Å². The molecule has 1 aromatic carbocycles. The molecule has 1 aliphatic heterocycles. The molecule has 1 fully saturated rings. The average molecular weight is 266 g/mol. The highest BCUT2D eigenvalue weighted by Crippen LogP contribution is 2.26. The van der Waals surface area contributed by atoms with Gasteiger partial charge in [0, 0.05) is 13.1 Å². The predicted octanol–water partition coefficient (Wildman–Crippen LogP) is 1.18. The highest BCUT2D eigenvalue weighted by molar-refractivity contribution is 7.80. The summed E-state index contributed by atoms with van der Waals surface area (Å²) in [7, 11) is 0. The van der Waals surface area contributed by atoms with Crippen LogP contribution in [0.2, 0.25) is 0 Å². The maximum atomic E-state index is 9.53. The molecule has 1 aliphatic rings. The van der Waals surface area contributed by atoms with Gasteiger partial charge in [-0.3, -0.25) is 4.90 Å². The van der Waals surface area contributed by atoms with Gasteiger partial charge < -0.3 is 15.9 Å². The summed E-state index contributed by atoms with van der Waals surface area (Å²) < 4.78 is 0. The van der Waals surface area contributed by atoms with Gasteiger partial charge in [-0.1, -0.05) is 24.4 Å². The lowest BCUT2D eigenvalue weighted by Gasteiger charge is -2.35. The van der Waals surface area contributed by atoms with Crippen LogP contribution in [0.5, 0.6) is 5.75 Å². The second kappa shape index (κ2) is 5.65. The summed E-state index contributed by atoms with van der Waals surface area (Å²) in [5, 5.41) is 18.8.